The predicted octanol–water partition coefficient (Wildman–Crippen LogP) is 3.32. The van der Waals surface area contributed by atoms with E-state index in [-0.39, 0.29) is 5.69 Å². The molecule has 2 heterocycles. The van der Waals surface area contributed by atoms with E-state index in [0.29, 0.717) is 0 Å². The van der Waals surface area contributed by atoms with Crippen molar-refractivity contribution in [3.05, 3.63) is 53.4 Å². The Morgan fingerprint density at radius 1 is 1.28 bits per heavy atom. The van der Waals surface area contributed by atoms with Crippen LogP contribution in [0.2, 0.25) is 0 Å². The Morgan fingerprint density at radius 2 is 2.17 bits per heavy atom. The number of nitrogens with zero attached hydrogens (tertiary/aromatic N) is 2. The SMILES string of the molecule is Nc1cc(-n2cncc2-c2ccsc2)ccc1F. The van der Waals surface area contributed by atoms with Gasteiger partial charge in [-0.2, -0.15) is 11.3 Å². The second kappa shape index (κ2) is 4.27. The maximum absolute atomic E-state index is 13.2. The number of aromatic nitrogens is 2. The summed E-state index contributed by atoms with van der Waals surface area (Å²) in [5.41, 5.74) is 8.57. The van der Waals surface area contributed by atoms with E-state index in [4.69, 9.17) is 5.73 Å². The molecule has 0 spiro atoms. The van der Waals surface area contributed by atoms with Gasteiger partial charge < -0.3 is 5.73 Å². The minimum absolute atomic E-state index is 0.137. The predicted molar refractivity (Wildman–Crippen MR) is 71.2 cm³/mol. The lowest BCUT2D eigenvalue weighted by atomic mass is 10.2. The van der Waals surface area contributed by atoms with E-state index in [1.807, 2.05) is 21.4 Å². The van der Waals surface area contributed by atoms with E-state index in [0.717, 1.165) is 16.9 Å². The van der Waals surface area contributed by atoms with Gasteiger partial charge in [-0.25, -0.2) is 9.37 Å². The molecule has 0 aliphatic carbocycles. The molecule has 3 rings (SSSR count). The molecule has 90 valence electrons. The summed E-state index contributed by atoms with van der Waals surface area (Å²) in [6.45, 7) is 0. The highest BCUT2D eigenvalue weighted by molar-refractivity contribution is 7.08. The van der Waals surface area contributed by atoms with Crippen molar-refractivity contribution in [3.63, 3.8) is 0 Å². The lowest BCUT2D eigenvalue weighted by Crippen LogP contribution is -1.98. The summed E-state index contributed by atoms with van der Waals surface area (Å²) in [4.78, 5) is 4.14. The van der Waals surface area contributed by atoms with Crippen LogP contribution in [-0.2, 0) is 0 Å². The number of thiophene rings is 1. The van der Waals surface area contributed by atoms with Gasteiger partial charge in [-0.1, -0.05) is 0 Å². The molecule has 5 heteroatoms. The van der Waals surface area contributed by atoms with Gasteiger partial charge in [-0.3, -0.25) is 4.57 Å². The van der Waals surface area contributed by atoms with E-state index >= 15 is 0 Å². The normalized spacial score (nSPS) is 10.7. The molecule has 0 aliphatic rings. The molecule has 0 radical (unpaired) electrons. The molecule has 3 aromatic rings. The van der Waals surface area contributed by atoms with Crippen LogP contribution < -0.4 is 5.73 Å². The number of imidazole rings is 1. The Morgan fingerprint density at radius 3 is 2.89 bits per heavy atom. The van der Waals surface area contributed by atoms with Crippen molar-refractivity contribution in [2.45, 2.75) is 0 Å². The minimum atomic E-state index is -0.407. The molecule has 18 heavy (non-hydrogen) atoms. The van der Waals surface area contributed by atoms with Gasteiger partial charge in [0, 0.05) is 16.6 Å². The fourth-order valence-corrected chi connectivity index (χ4v) is 2.46. The molecule has 0 unspecified atom stereocenters. The molecule has 1 aromatic carbocycles. The Labute approximate surface area is 107 Å². The number of anilines is 1. The third-order valence-corrected chi connectivity index (χ3v) is 3.40. The van der Waals surface area contributed by atoms with Crippen molar-refractivity contribution >= 4 is 17.0 Å². The third kappa shape index (κ3) is 1.78. The summed E-state index contributed by atoms with van der Waals surface area (Å²) in [5.74, 6) is -0.407. The van der Waals surface area contributed by atoms with Crippen molar-refractivity contribution in [2.24, 2.45) is 0 Å². The summed E-state index contributed by atoms with van der Waals surface area (Å²) in [5, 5.41) is 4.05. The van der Waals surface area contributed by atoms with Gasteiger partial charge >= 0.3 is 0 Å². The van der Waals surface area contributed by atoms with Crippen molar-refractivity contribution in [1.82, 2.24) is 9.55 Å². The number of hydrogen-bond acceptors (Lipinski definition) is 3. The molecule has 0 amide bonds. The molecule has 0 fully saturated rings. The quantitative estimate of drug-likeness (QED) is 0.717. The fourth-order valence-electron chi connectivity index (χ4n) is 1.81. The highest BCUT2D eigenvalue weighted by atomic mass is 32.1. The lowest BCUT2D eigenvalue weighted by Gasteiger charge is -2.08. The third-order valence-electron chi connectivity index (χ3n) is 2.71. The second-order valence-electron chi connectivity index (χ2n) is 3.87. The molecular formula is C13H10FN3S. The van der Waals surface area contributed by atoms with E-state index in [9.17, 15) is 4.39 Å². The molecule has 3 nitrogen and oxygen atoms in total. The number of nitrogens with two attached hydrogens (primary N) is 1. The van der Waals surface area contributed by atoms with E-state index in [1.54, 1.807) is 36.0 Å². The first-order chi connectivity index (χ1) is 8.75. The summed E-state index contributed by atoms with van der Waals surface area (Å²) < 4.78 is 15.1. The van der Waals surface area contributed by atoms with Crippen molar-refractivity contribution in [2.75, 3.05) is 5.73 Å². The first kappa shape index (κ1) is 11.0. The minimum Gasteiger partial charge on any atom is -0.396 e. The Kier molecular flexibility index (Phi) is 2.60. The summed E-state index contributed by atoms with van der Waals surface area (Å²) in [6, 6.07) is 6.67. The number of nitrogen functional groups attached to an aromatic ring is 1. The number of halogens is 1. The van der Waals surface area contributed by atoms with E-state index in [1.165, 1.54) is 6.07 Å². The topological polar surface area (TPSA) is 43.8 Å². The Bertz CT molecular complexity index is 673. The molecule has 0 bridgehead atoms. The van der Waals surface area contributed by atoms with Gasteiger partial charge in [0.25, 0.3) is 0 Å². The summed E-state index contributed by atoms with van der Waals surface area (Å²) >= 11 is 1.62. The molecule has 0 saturated heterocycles. The average Bonchev–Trinajstić information content (AvgIpc) is 3.00. The highest BCUT2D eigenvalue weighted by Crippen LogP contribution is 2.25. The Hall–Kier alpha value is -2.14. The molecule has 0 saturated carbocycles. The van der Waals surface area contributed by atoms with Crippen molar-refractivity contribution in [1.29, 1.82) is 0 Å². The zero-order chi connectivity index (χ0) is 12.5. The summed E-state index contributed by atoms with van der Waals surface area (Å²) in [6.07, 6.45) is 3.47. The van der Waals surface area contributed by atoms with Gasteiger partial charge in [0.15, 0.2) is 0 Å². The number of benzene rings is 1. The lowest BCUT2D eigenvalue weighted by molar-refractivity contribution is 0.632. The Balaban J connectivity index is 2.13. The van der Waals surface area contributed by atoms with Gasteiger partial charge in [0.2, 0.25) is 0 Å². The molecule has 2 aromatic heterocycles. The first-order valence-electron chi connectivity index (χ1n) is 5.36. The van der Waals surface area contributed by atoms with Crippen LogP contribution in [0, 0.1) is 5.82 Å². The molecule has 2 N–H and O–H groups in total. The zero-order valence-electron chi connectivity index (χ0n) is 9.38. The van der Waals surface area contributed by atoms with Gasteiger partial charge in [0.1, 0.15) is 5.82 Å². The molecular weight excluding hydrogens is 249 g/mol. The van der Waals surface area contributed by atoms with Gasteiger partial charge in [0.05, 0.1) is 23.9 Å². The first-order valence-corrected chi connectivity index (χ1v) is 6.30. The van der Waals surface area contributed by atoms with Crippen LogP contribution in [0.25, 0.3) is 16.9 Å². The summed E-state index contributed by atoms with van der Waals surface area (Å²) in [7, 11) is 0. The fraction of sp³-hybridized carbons (Fsp3) is 0. The monoisotopic (exact) mass is 259 g/mol. The van der Waals surface area contributed by atoms with Crippen LogP contribution in [0.4, 0.5) is 10.1 Å². The van der Waals surface area contributed by atoms with Crippen LogP contribution in [-0.4, -0.2) is 9.55 Å². The van der Waals surface area contributed by atoms with Crippen LogP contribution in [0.5, 0.6) is 0 Å². The maximum Gasteiger partial charge on any atom is 0.146 e. The van der Waals surface area contributed by atoms with Crippen LogP contribution in [0.15, 0.2) is 47.5 Å². The van der Waals surface area contributed by atoms with E-state index < -0.39 is 5.82 Å². The molecule has 0 atom stereocenters. The zero-order valence-corrected chi connectivity index (χ0v) is 10.2. The van der Waals surface area contributed by atoms with Crippen molar-refractivity contribution < 1.29 is 4.39 Å². The second-order valence-corrected chi connectivity index (χ2v) is 4.65. The van der Waals surface area contributed by atoms with Gasteiger partial charge in [-0.05, 0) is 29.6 Å². The standard InChI is InChI=1S/C13H10FN3S/c14-11-2-1-10(5-12(11)15)17-8-16-6-13(17)9-3-4-18-7-9/h1-8H,15H2. The smallest absolute Gasteiger partial charge is 0.146 e. The van der Waals surface area contributed by atoms with Crippen molar-refractivity contribution in [3.8, 4) is 16.9 Å². The van der Waals surface area contributed by atoms with Gasteiger partial charge in [-0.15, -0.1) is 0 Å². The number of hydrogen-bond donors (Lipinski definition) is 1. The number of rotatable bonds is 2. The van der Waals surface area contributed by atoms with Crippen LogP contribution >= 0.6 is 11.3 Å². The average molecular weight is 259 g/mol. The van der Waals surface area contributed by atoms with Crippen LogP contribution in [0.1, 0.15) is 0 Å². The highest BCUT2D eigenvalue weighted by Gasteiger charge is 2.08. The largest absolute Gasteiger partial charge is 0.396 e. The maximum atomic E-state index is 13.2. The molecule has 0 aliphatic heterocycles. The van der Waals surface area contributed by atoms with E-state index in [2.05, 4.69) is 4.98 Å². The van der Waals surface area contributed by atoms with Crippen LogP contribution in [0.3, 0.4) is 0 Å².